The molecule has 0 spiro atoms. The first kappa shape index (κ1) is 17.8. The Bertz CT molecular complexity index is 415. The van der Waals surface area contributed by atoms with E-state index in [0.29, 0.717) is 13.2 Å². The summed E-state index contributed by atoms with van der Waals surface area (Å²) in [7, 11) is 0. The van der Waals surface area contributed by atoms with E-state index in [1.807, 2.05) is 45.0 Å². The van der Waals surface area contributed by atoms with E-state index in [1.165, 1.54) is 5.69 Å². The zero-order valence-corrected chi connectivity index (χ0v) is 13.9. The number of halogens is 1. The van der Waals surface area contributed by atoms with Crippen molar-refractivity contribution in [3.8, 4) is 0 Å². The molecule has 0 N–H and O–H groups in total. The molecule has 0 aliphatic carbocycles. The fourth-order valence-electron chi connectivity index (χ4n) is 2.21. The van der Waals surface area contributed by atoms with Gasteiger partial charge in [0.2, 0.25) is 0 Å². The molecule has 21 heavy (non-hydrogen) atoms. The molecule has 0 unspecified atom stereocenters. The van der Waals surface area contributed by atoms with Gasteiger partial charge in [0.05, 0.1) is 13.2 Å². The Morgan fingerprint density at radius 2 is 1.71 bits per heavy atom. The van der Waals surface area contributed by atoms with Gasteiger partial charge in [-0.1, -0.05) is 25.4 Å². The molecule has 1 aromatic rings. The van der Waals surface area contributed by atoms with Crippen LogP contribution in [0.3, 0.4) is 0 Å². The number of hydrogen-bond acceptors (Lipinski definition) is 4. The van der Waals surface area contributed by atoms with E-state index in [2.05, 4.69) is 9.80 Å². The Hall–Kier alpha value is -1.26. The number of carbonyl (C=O) groups excluding carboxylic acids is 1. The number of anilines is 1. The summed E-state index contributed by atoms with van der Waals surface area (Å²) in [6, 6.07) is 7.87. The molecular weight excluding hydrogens is 288 g/mol. The van der Waals surface area contributed by atoms with E-state index >= 15 is 0 Å². The first-order valence-electron chi connectivity index (χ1n) is 7.57. The second kappa shape index (κ2) is 9.64. The molecule has 1 saturated heterocycles. The molecule has 2 rings (SSSR count). The van der Waals surface area contributed by atoms with Crippen molar-refractivity contribution in [3.63, 3.8) is 0 Å². The maximum atomic E-state index is 11.4. The van der Waals surface area contributed by atoms with Crippen LogP contribution in [0, 0.1) is 0 Å². The molecule has 1 aromatic carbocycles. The van der Waals surface area contributed by atoms with Crippen molar-refractivity contribution in [1.82, 2.24) is 4.90 Å². The average molecular weight is 313 g/mol. The molecule has 1 heterocycles. The Morgan fingerprint density at radius 3 is 2.24 bits per heavy atom. The SMILES string of the molecule is CC.CCOC(=O)CN1CCN(c2ccc(Cl)cc2)CC1. The van der Waals surface area contributed by atoms with Crippen molar-refractivity contribution in [2.45, 2.75) is 20.8 Å². The third kappa shape index (κ3) is 5.94. The Balaban J connectivity index is 0.00000106. The number of esters is 1. The summed E-state index contributed by atoms with van der Waals surface area (Å²) >= 11 is 5.88. The number of ether oxygens (including phenoxy) is 1. The molecule has 0 aromatic heterocycles. The van der Waals surface area contributed by atoms with Gasteiger partial charge in [0.15, 0.2) is 0 Å². The van der Waals surface area contributed by atoms with Crippen LogP contribution in [-0.4, -0.2) is 50.2 Å². The quantitative estimate of drug-likeness (QED) is 0.800. The first-order valence-corrected chi connectivity index (χ1v) is 7.95. The summed E-state index contributed by atoms with van der Waals surface area (Å²) in [4.78, 5) is 15.8. The van der Waals surface area contributed by atoms with E-state index in [1.54, 1.807) is 0 Å². The van der Waals surface area contributed by atoms with Crippen LogP contribution in [-0.2, 0) is 9.53 Å². The lowest BCUT2D eigenvalue weighted by Gasteiger charge is -2.35. The molecular formula is C16H25ClN2O2. The summed E-state index contributed by atoms with van der Waals surface area (Å²) in [5.41, 5.74) is 1.18. The number of hydrogen-bond donors (Lipinski definition) is 0. The molecule has 1 fully saturated rings. The second-order valence-corrected chi connectivity index (χ2v) is 4.98. The number of piperazine rings is 1. The fourth-order valence-corrected chi connectivity index (χ4v) is 2.33. The third-order valence-electron chi connectivity index (χ3n) is 3.22. The highest BCUT2D eigenvalue weighted by Gasteiger charge is 2.19. The number of carbonyl (C=O) groups is 1. The van der Waals surface area contributed by atoms with Gasteiger partial charge in [-0.05, 0) is 31.2 Å². The zero-order chi connectivity index (χ0) is 15.7. The first-order chi connectivity index (χ1) is 10.2. The minimum Gasteiger partial charge on any atom is -0.465 e. The molecule has 5 heteroatoms. The van der Waals surface area contributed by atoms with Gasteiger partial charge in [-0.15, -0.1) is 0 Å². The monoisotopic (exact) mass is 312 g/mol. The second-order valence-electron chi connectivity index (χ2n) is 4.54. The molecule has 0 radical (unpaired) electrons. The van der Waals surface area contributed by atoms with E-state index in [-0.39, 0.29) is 5.97 Å². The van der Waals surface area contributed by atoms with E-state index in [9.17, 15) is 4.79 Å². The Kier molecular flexibility index (Phi) is 8.16. The average Bonchev–Trinajstić information content (AvgIpc) is 2.51. The van der Waals surface area contributed by atoms with Crippen LogP contribution in [0.15, 0.2) is 24.3 Å². The van der Waals surface area contributed by atoms with Gasteiger partial charge >= 0.3 is 5.97 Å². The van der Waals surface area contributed by atoms with Crippen molar-refractivity contribution in [3.05, 3.63) is 29.3 Å². The van der Waals surface area contributed by atoms with E-state index in [0.717, 1.165) is 31.2 Å². The number of rotatable bonds is 4. The third-order valence-corrected chi connectivity index (χ3v) is 3.47. The Morgan fingerprint density at radius 1 is 1.14 bits per heavy atom. The summed E-state index contributed by atoms with van der Waals surface area (Å²) < 4.78 is 4.96. The predicted molar refractivity (Wildman–Crippen MR) is 88.1 cm³/mol. The lowest BCUT2D eigenvalue weighted by atomic mass is 10.2. The molecule has 0 saturated carbocycles. The summed E-state index contributed by atoms with van der Waals surface area (Å²) in [6.45, 7) is 10.3. The maximum absolute atomic E-state index is 11.4. The highest BCUT2D eigenvalue weighted by atomic mass is 35.5. The summed E-state index contributed by atoms with van der Waals surface area (Å²) in [5.74, 6) is -0.137. The van der Waals surface area contributed by atoms with E-state index in [4.69, 9.17) is 16.3 Å². The summed E-state index contributed by atoms with van der Waals surface area (Å²) in [6.07, 6.45) is 0. The molecule has 0 atom stereocenters. The highest BCUT2D eigenvalue weighted by Crippen LogP contribution is 2.19. The fraction of sp³-hybridized carbons (Fsp3) is 0.562. The van der Waals surface area contributed by atoms with Gasteiger partial charge in [-0.3, -0.25) is 9.69 Å². The standard InChI is InChI=1S/C14H19ClN2O2.C2H6/c1-2-19-14(18)11-16-7-9-17(10-8-16)13-5-3-12(15)4-6-13;1-2/h3-6H,2,7-11H2,1H3;1-2H3. The van der Waals surface area contributed by atoms with Crippen LogP contribution in [0.25, 0.3) is 0 Å². The lowest BCUT2D eigenvalue weighted by Crippen LogP contribution is -2.48. The van der Waals surface area contributed by atoms with Crippen molar-refractivity contribution in [1.29, 1.82) is 0 Å². The largest absolute Gasteiger partial charge is 0.465 e. The van der Waals surface area contributed by atoms with Gasteiger partial charge in [0.25, 0.3) is 0 Å². The van der Waals surface area contributed by atoms with Gasteiger partial charge in [0, 0.05) is 36.9 Å². The van der Waals surface area contributed by atoms with Crippen molar-refractivity contribution in [2.24, 2.45) is 0 Å². The smallest absolute Gasteiger partial charge is 0.320 e. The van der Waals surface area contributed by atoms with Crippen LogP contribution < -0.4 is 4.90 Å². The van der Waals surface area contributed by atoms with Gasteiger partial charge in [0.1, 0.15) is 0 Å². The van der Waals surface area contributed by atoms with Crippen molar-refractivity contribution < 1.29 is 9.53 Å². The molecule has 118 valence electrons. The molecule has 1 aliphatic heterocycles. The lowest BCUT2D eigenvalue weighted by molar-refractivity contribution is -0.144. The predicted octanol–water partition coefficient (Wildman–Crippen LogP) is 3.05. The van der Waals surface area contributed by atoms with E-state index < -0.39 is 0 Å². The van der Waals surface area contributed by atoms with Crippen LogP contribution >= 0.6 is 11.6 Å². The Labute approximate surface area is 132 Å². The maximum Gasteiger partial charge on any atom is 0.320 e. The normalized spacial score (nSPS) is 15.1. The number of benzene rings is 1. The van der Waals surface area contributed by atoms with Crippen LogP contribution in [0.5, 0.6) is 0 Å². The highest BCUT2D eigenvalue weighted by molar-refractivity contribution is 6.30. The molecule has 0 bridgehead atoms. The zero-order valence-electron chi connectivity index (χ0n) is 13.1. The summed E-state index contributed by atoms with van der Waals surface area (Å²) in [5, 5.41) is 0.754. The molecule has 0 amide bonds. The van der Waals surface area contributed by atoms with Crippen LogP contribution in [0.1, 0.15) is 20.8 Å². The minimum atomic E-state index is -0.137. The van der Waals surface area contributed by atoms with Gasteiger partial charge in [-0.25, -0.2) is 0 Å². The minimum absolute atomic E-state index is 0.137. The number of nitrogens with zero attached hydrogens (tertiary/aromatic N) is 2. The van der Waals surface area contributed by atoms with Crippen LogP contribution in [0.4, 0.5) is 5.69 Å². The molecule has 4 nitrogen and oxygen atoms in total. The topological polar surface area (TPSA) is 32.8 Å². The van der Waals surface area contributed by atoms with Crippen molar-refractivity contribution >= 4 is 23.3 Å². The molecule has 1 aliphatic rings. The van der Waals surface area contributed by atoms with Gasteiger partial charge in [-0.2, -0.15) is 0 Å². The van der Waals surface area contributed by atoms with Gasteiger partial charge < -0.3 is 9.64 Å². The van der Waals surface area contributed by atoms with Crippen molar-refractivity contribution in [2.75, 3.05) is 44.2 Å². The van der Waals surface area contributed by atoms with Crippen LogP contribution in [0.2, 0.25) is 5.02 Å².